The van der Waals surface area contributed by atoms with E-state index in [0.29, 0.717) is 28.7 Å². The largest absolute Gasteiger partial charge is 0.497 e. The van der Waals surface area contributed by atoms with Gasteiger partial charge in [0.15, 0.2) is 0 Å². The Bertz CT molecular complexity index is 986. The van der Waals surface area contributed by atoms with Gasteiger partial charge in [-0.3, -0.25) is 4.79 Å². The highest BCUT2D eigenvalue weighted by Gasteiger charge is 2.15. The average molecular weight is 431 g/mol. The molecule has 0 aliphatic rings. The number of aryl methyl sites for hydroxylation is 2. The molecule has 0 saturated heterocycles. The second-order valence-corrected chi connectivity index (χ2v) is 8.07. The van der Waals surface area contributed by atoms with E-state index in [4.69, 9.17) is 21.1 Å². The molecule has 152 valence electrons. The van der Waals surface area contributed by atoms with Crippen LogP contribution in [0.3, 0.4) is 0 Å². The van der Waals surface area contributed by atoms with Crippen molar-refractivity contribution < 1.29 is 14.3 Å². The fourth-order valence-electron chi connectivity index (χ4n) is 2.77. The van der Waals surface area contributed by atoms with Crippen LogP contribution in [0.2, 0.25) is 5.02 Å². The minimum Gasteiger partial charge on any atom is -0.497 e. The van der Waals surface area contributed by atoms with Gasteiger partial charge in [0.1, 0.15) is 28.0 Å². The summed E-state index contributed by atoms with van der Waals surface area (Å²) >= 11 is 7.39. The lowest BCUT2D eigenvalue weighted by molar-refractivity contribution is 0.0957. The highest BCUT2D eigenvalue weighted by molar-refractivity contribution is 7.13. The van der Waals surface area contributed by atoms with E-state index in [1.54, 1.807) is 13.2 Å². The second-order valence-electron chi connectivity index (χ2n) is 6.58. The average Bonchev–Trinajstić information content (AvgIpc) is 3.10. The van der Waals surface area contributed by atoms with Gasteiger partial charge in [-0.05, 0) is 61.7 Å². The molecule has 2 aromatic carbocycles. The number of methoxy groups -OCH3 is 1. The van der Waals surface area contributed by atoms with E-state index in [1.807, 2.05) is 50.2 Å². The van der Waals surface area contributed by atoms with Gasteiger partial charge >= 0.3 is 0 Å². The monoisotopic (exact) mass is 430 g/mol. The standard InChI is InChI=1S/C22H23ClN2O3S/c1-14-12-18(8-9-19(14)23)28-13-20-25-15(2)21(29-20)22(26)24-11-10-16-4-6-17(27-3)7-5-16/h4-9,12H,10-11,13H2,1-3H3,(H,24,26). The first kappa shape index (κ1) is 21.1. The van der Waals surface area contributed by atoms with E-state index in [1.165, 1.54) is 11.3 Å². The number of hydrogen-bond acceptors (Lipinski definition) is 5. The van der Waals surface area contributed by atoms with Crippen molar-refractivity contribution in [2.75, 3.05) is 13.7 Å². The van der Waals surface area contributed by atoms with Crippen LogP contribution in [0, 0.1) is 13.8 Å². The summed E-state index contributed by atoms with van der Waals surface area (Å²) < 4.78 is 10.9. The third kappa shape index (κ3) is 5.71. The van der Waals surface area contributed by atoms with Crippen LogP contribution in [0.4, 0.5) is 0 Å². The first-order valence-electron chi connectivity index (χ1n) is 9.22. The zero-order valence-electron chi connectivity index (χ0n) is 16.6. The highest BCUT2D eigenvalue weighted by Crippen LogP contribution is 2.24. The van der Waals surface area contributed by atoms with Crippen LogP contribution in [0.5, 0.6) is 11.5 Å². The van der Waals surface area contributed by atoms with Crippen molar-refractivity contribution in [2.45, 2.75) is 26.9 Å². The van der Waals surface area contributed by atoms with Crippen LogP contribution in [0.25, 0.3) is 0 Å². The molecule has 29 heavy (non-hydrogen) atoms. The molecule has 0 aliphatic heterocycles. The van der Waals surface area contributed by atoms with Crippen molar-refractivity contribution in [1.82, 2.24) is 10.3 Å². The third-order valence-electron chi connectivity index (χ3n) is 4.40. The summed E-state index contributed by atoms with van der Waals surface area (Å²) in [7, 11) is 1.64. The highest BCUT2D eigenvalue weighted by atomic mass is 35.5. The number of benzene rings is 2. The van der Waals surface area contributed by atoms with Gasteiger partial charge in [0.25, 0.3) is 5.91 Å². The molecule has 3 rings (SSSR count). The van der Waals surface area contributed by atoms with Gasteiger partial charge < -0.3 is 14.8 Å². The molecular formula is C22H23ClN2O3S. The Morgan fingerprint density at radius 2 is 1.86 bits per heavy atom. The zero-order chi connectivity index (χ0) is 20.8. The van der Waals surface area contributed by atoms with Gasteiger partial charge in [0, 0.05) is 11.6 Å². The maximum Gasteiger partial charge on any atom is 0.263 e. The molecule has 0 spiro atoms. The molecule has 1 heterocycles. The lowest BCUT2D eigenvalue weighted by Gasteiger charge is -2.06. The number of halogens is 1. The van der Waals surface area contributed by atoms with Crippen LogP contribution >= 0.6 is 22.9 Å². The van der Waals surface area contributed by atoms with Crippen molar-refractivity contribution in [3.05, 3.63) is 74.2 Å². The molecule has 0 unspecified atom stereocenters. The van der Waals surface area contributed by atoms with Crippen LogP contribution in [-0.2, 0) is 13.0 Å². The van der Waals surface area contributed by atoms with Crippen LogP contribution in [0.15, 0.2) is 42.5 Å². The van der Waals surface area contributed by atoms with E-state index in [-0.39, 0.29) is 5.91 Å². The molecule has 1 aromatic heterocycles. The smallest absolute Gasteiger partial charge is 0.263 e. The Balaban J connectivity index is 1.52. The fraction of sp³-hybridized carbons (Fsp3) is 0.273. The van der Waals surface area contributed by atoms with E-state index in [0.717, 1.165) is 34.1 Å². The molecule has 5 nitrogen and oxygen atoms in total. The summed E-state index contributed by atoms with van der Waals surface area (Å²) in [6.45, 7) is 4.63. The summed E-state index contributed by atoms with van der Waals surface area (Å²) in [5.41, 5.74) is 2.80. The molecule has 1 amide bonds. The van der Waals surface area contributed by atoms with Crippen molar-refractivity contribution in [2.24, 2.45) is 0 Å². The quantitative estimate of drug-likeness (QED) is 0.547. The number of amides is 1. The van der Waals surface area contributed by atoms with Crippen molar-refractivity contribution in [1.29, 1.82) is 0 Å². The number of carbonyl (C=O) groups is 1. The fourth-order valence-corrected chi connectivity index (χ4v) is 3.78. The summed E-state index contributed by atoms with van der Waals surface area (Å²) in [4.78, 5) is 17.6. The number of hydrogen-bond donors (Lipinski definition) is 1. The van der Waals surface area contributed by atoms with E-state index < -0.39 is 0 Å². The molecule has 0 radical (unpaired) electrons. The second kappa shape index (κ2) is 9.76. The van der Waals surface area contributed by atoms with Crippen molar-refractivity contribution >= 4 is 28.8 Å². The molecule has 0 fully saturated rings. The Kier molecular flexibility index (Phi) is 7.12. The molecule has 0 atom stereocenters. The van der Waals surface area contributed by atoms with Crippen molar-refractivity contribution in [3.8, 4) is 11.5 Å². The number of thiazole rings is 1. The summed E-state index contributed by atoms with van der Waals surface area (Å²) in [6.07, 6.45) is 0.749. The number of nitrogens with zero attached hydrogens (tertiary/aromatic N) is 1. The van der Waals surface area contributed by atoms with E-state index in [2.05, 4.69) is 10.3 Å². The predicted octanol–water partition coefficient (Wildman–Crippen LogP) is 4.97. The maximum atomic E-state index is 12.5. The summed E-state index contributed by atoms with van der Waals surface area (Å²) in [5.74, 6) is 1.44. The zero-order valence-corrected chi connectivity index (χ0v) is 18.2. The number of ether oxygens (including phenoxy) is 2. The topological polar surface area (TPSA) is 60.5 Å². The summed E-state index contributed by atoms with van der Waals surface area (Å²) in [5, 5.41) is 4.43. The molecule has 1 N–H and O–H groups in total. The molecular weight excluding hydrogens is 408 g/mol. The van der Waals surface area contributed by atoms with Crippen LogP contribution in [-0.4, -0.2) is 24.5 Å². The normalized spacial score (nSPS) is 10.6. The number of carbonyl (C=O) groups excluding carboxylic acids is 1. The Labute approximate surface area is 179 Å². The maximum absolute atomic E-state index is 12.5. The first-order valence-corrected chi connectivity index (χ1v) is 10.4. The van der Waals surface area contributed by atoms with Crippen molar-refractivity contribution in [3.63, 3.8) is 0 Å². The minimum atomic E-state index is -0.109. The molecule has 3 aromatic rings. The summed E-state index contributed by atoms with van der Waals surface area (Å²) in [6, 6.07) is 13.3. The number of rotatable bonds is 8. The van der Waals surface area contributed by atoms with E-state index >= 15 is 0 Å². The molecule has 0 bridgehead atoms. The first-order chi connectivity index (χ1) is 14.0. The number of aromatic nitrogens is 1. The lowest BCUT2D eigenvalue weighted by atomic mass is 10.1. The third-order valence-corrected chi connectivity index (χ3v) is 5.95. The Morgan fingerprint density at radius 3 is 2.55 bits per heavy atom. The van der Waals surface area contributed by atoms with Crippen LogP contribution < -0.4 is 14.8 Å². The Morgan fingerprint density at radius 1 is 1.14 bits per heavy atom. The molecule has 0 aliphatic carbocycles. The minimum absolute atomic E-state index is 0.109. The predicted molar refractivity (Wildman–Crippen MR) is 116 cm³/mol. The van der Waals surface area contributed by atoms with Gasteiger partial charge in [0.05, 0.1) is 12.8 Å². The SMILES string of the molecule is COc1ccc(CCNC(=O)c2sc(COc3ccc(Cl)c(C)c3)nc2C)cc1. The van der Waals surface area contributed by atoms with E-state index in [9.17, 15) is 4.79 Å². The molecule has 0 saturated carbocycles. The van der Waals surface area contributed by atoms with Crippen LogP contribution in [0.1, 0.15) is 31.5 Å². The number of nitrogens with one attached hydrogen (secondary N) is 1. The lowest BCUT2D eigenvalue weighted by Crippen LogP contribution is -2.25. The Hall–Kier alpha value is -2.57. The van der Waals surface area contributed by atoms with Gasteiger partial charge in [-0.15, -0.1) is 11.3 Å². The molecule has 7 heteroatoms. The van der Waals surface area contributed by atoms with Gasteiger partial charge in [-0.1, -0.05) is 23.7 Å². The van der Waals surface area contributed by atoms with Gasteiger partial charge in [0.2, 0.25) is 0 Å². The van der Waals surface area contributed by atoms with Gasteiger partial charge in [-0.25, -0.2) is 4.98 Å². The van der Waals surface area contributed by atoms with Gasteiger partial charge in [-0.2, -0.15) is 0 Å².